The topological polar surface area (TPSA) is 29.1 Å². The number of rotatable bonds is 18. The van der Waals surface area contributed by atoms with Gasteiger partial charge < -0.3 is 4.57 Å². The van der Waals surface area contributed by atoms with Crippen LogP contribution in [0.25, 0.3) is 0 Å². The second-order valence-electron chi connectivity index (χ2n) is 7.56. The average Bonchev–Trinajstić information content (AvgIpc) is 2.49. The van der Waals surface area contributed by atoms with Crippen molar-refractivity contribution in [1.29, 1.82) is 0 Å². The molecular formula is C20H44NOP. The van der Waals surface area contributed by atoms with Crippen molar-refractivity contribution in [2.24, 2.45) is 0 Å². The van der Waals surface area contributed by atoms with E-state index in [4.69, 9.17) is 0 Å². The van der Waals surface area contributed by atoms with Gasteiger partial charge in [-0.3, -0.25) is 5.09 Å². The highest BCUT2D eigenvalue weighted by molar-refractivity contribution is 7.60. The van der Waals surface area contributed by atoms with E-state index in [9.17, 15) is 4.57 Å². The molecule has 0 amide bonds. The molecule has 0 aliphatic rings. The average molecular weight is 346 g/mol. The molecule has 140 valence electrons. The summed E-state index contributed by atoms with van der Waals surface area (Å²) < 4.78 is 11.5. The monoisotopic (exact) mass is 345 g/mol. The molecular weight excluding hydrogens is 301 g/mol. The van der Waals surface area contributed by atoms with Crippen molar-refractivity contribution in [2.75, 3.05) is 19.9 Å². The summed E-state index contributed by atoms with van der Waals surface area (Å²) in [7, 11) is -2.01. The summed E-state index contributed by atoms with van der Waals surface area (Å²) >= 11 is 0. The minimum absolute atomic E-state index is 0.919. The first-order chi connectivity index (χ1) is 11.1. The van der Waals surface area contributed by atoms with Crippen molar-refractivity contribution < 1.29 is 4.57 Å². The van der Waals surface area contributed by atoms with Crippen molar-refractivity contribution in [3.63, 3.8) is 0 Å². The van der Waals surface area contributed by atoms with Crippen LogP contribution >= 0.6 is 7.29 Å². The second-order valence-corrected chi connectivity index (χ2v) is 10.6. The third-order valence-corrected chi connectivity index (χ3v) is 5.51. The Balaban J connectivity index is 3.01. The summed E-state index contributed by atoms with van der Waals surface area (Å²) in [5, 5.41) is 3.13. The van der Waals surface area contributed by atoms with Crippen molar-refractivity contribution in [3.05, 3.63) is 0 Å². The van der Waals surface area contributed by atoms with Gasteiger partial charge in [0.25, 0.3) is 0 Å². The molecule has 0 bridgehead atoms. The van der Waals surface area contributed by atoms with E-state index in [0.717, 1.165) is 6.54 Å². The molecule has 3 heteroatoms. The minimum Gasteiger partial charge on any atom is -0.307 e. The lowest BCUT2D eigenvalue weighted by Crippen LogP contribution is -2.10. The molecule has 0 saturated heterocycles. The van der Waals surface area contributed by atoms with Gasteiger partial charge >= 0.3 is 0 Å². The van der Waals surface area contributed by atoms with Crippen LogP contribution in [0, 0.1) is 0 Å². The van der Waals surface area contributed by atoms with Gasteiger partial charge in [0.15, 0.2) is 0 Å². The first-order valence-electron chi connectivity index (χ1n) is 10.4. The van der Waals surface area contributed by atoms with Crippen LogP contribution in [0.4, 0.5) is 0 Å². The van der Waals surface area contributed by atoms with E-state index >= 15 is 0 Å². The molecule has 0 aromatic carbocycles. The molecule has 0 fully saturated rings. The van der Waals surface area contributed by atoms with Crippen molar-refractivity contribution in [1.82, 2.24) is 5.09 Å². The van der Waals surface area contributed by atoms with Crippen LogP contribution in [0.1, 0.15) is 110 Å². The fourth-order valence-corrected chi connectivity index (χ4v) is 3.72. The minimum atomic E-state index is -2.01. The van der Waals surface area contributed by atoms with Gasteiger partial charge in [0.05, 0.1) is 0 Å². The summed E-state index contributed by atoms with van der Waals surface area (Å²) in [5.74, 6) is 0. The van der Waals surface area contributed by atoms with Gasteiger partial charge in [-0.2, -0.15) is 0 Å². The Morgan fingerprint density at radius 2 is 0.870 bits per heavy atom. The first kappa shape index (κ1) is 23.2. The van der Waals surface area contributed by atoms with Crippen LogP contribution < -0.4 is 5.09 Å². The maximum Gasteiger partial charge on any atom is 0.141 e. The van der Waals surface area contributed by atoms with Crippen molar-refractivity contribution >= 4 is 7.29 Å². The zero-order valence-electron chi connectivity index (χ0n) is 16.4. The predicted octanol–water partition coefficient (Wildman–Crippen LogP) is 7.38. The molecule has 0 saturated carbocycles. The maximum absolute atomic E-state index is 11.5. The van der Waals surface area contributed by atoms with Crippen LogP contribution in [0.15, 0.2) is 0 Å². The van der Waals surface area contributed by atoms with E-state index in [1.54, 1.807) is 13.3 Å². The van der Waals surface area contributed by atoms with Crippen LogP contribution in [-0.2, 0) is 4.57 Å². The van der Waals surface area contributed by atoms with Gasteiger partial charge in [-0.05, 0) is 6.42 Å². The summed E-state index contributed by atoms with van der Waals surface area (Å²) in [6, 6.07) is 0. The zero-order chi connectivity index (χ0) is 17.2. The molecule has 0 aliphatic heterocycles. The molecule has 0 aromatic rings. The highest BCUT2D eigenvalue weighted by Gasteiger charge is 2.03. The lowest BCUT2D eigenvalue weighted by atomic mass is 10.0. The molecule has 0 rings (SSSR count). The molecule has 2 nitrogen and oxygen atoms in total. The third kappa shape index (κ3) is 22.2. The highest BCUT2D eigenvalue weighted by Crippen LogP contribution is 2.29. The number of unbranched alkanes of at least 4 members (excludes halogenated alkanes) is 15. The summed E-state index contributed by atoms with van der Waals surface area (Å²) in [6.07, 6.45) is 22.4. The molecule has 0 unspecified atom stereocenters. The van der Waals surface area contributed by atoms with Crippen LogP contribution in [0.5, 0.6) is 0 Å². The Kier molecular flexibility index (Phi) is 17.2. The molecule has 0 aliphatic carbocycles. The van der Waals surface area contributed by atoms with Gasteiger partial charge in [-0.1, -0.05) is 103 Å². The maximum atomic E-state index is 11.5. The quantitative estimate of drug-likeness (QED) is 0.207. The van der Waals surface area contributed by atoms with Gasteiger partial charge in [0, 0.05) is 19.9 Å². The smallest absolute Gasteiger partial charge is 0.141 e. The Morgan fingerprint density at radius 1 is 0.565 bits per heavy atom. The molecule has 23 heavy (non-hydrogen) atoms. The summed E-state index contributed by atoms with van der Waals surface area (Å²) in [6.45, 7) is 6.82. The Morgan fingerprint density at radius 3 is 1.17 bits per heavy atom. The number of hydrogen-bond donors (Lipinski definition) is 1. The van der Waals surface area contributed by atoms with Gasteiger partial charge in [-0.25, -0.2) is 0 Å². The van der Waals surface area contributed by atoms with E-state index in [-0.39, 0.29) is 0 Å². The molecule has 1 N–H and O–H groups in total. The van der Waals surface area contributed by atoms with Crippen LogP contribution in [-0.4, -0.2) is 19.9 Å². The Bertz CT molecular complexity index is 275. The largest absolute Gasteiger partial charge is 0.307 e. The molecule has 0 spiro atoms. The van der Waals surface area contributed by atoms with E-state index in [2.05, 4.69) is 12.0 Å². The van der Waals surface area contributed by atoms with E-state index < -0.39 is 7.29 Å². The number of hydrogen-bond acceptors (Lipinski definition) is 1. The van der Waals surface area contributed by atoms with Crippen molar-refractivity contribution in [2.45, 2.75) is 110 Å². The normalized spacial score (nSPS) is 12.0. The van der Waals surface area contributed by atoms with Crippen molar-refractivity contribution in [3.8, 4) is 0 Å². The van der Waals surface area contributed by atoms with Gasteiger partial charge in [0.1, 0.15) is 7.29 Å². The Hall–Kier alpha value is 0.190. The van der Waals surface area contributed by atoms with Gasteiger partial charge in [-0.15, -0.1) is 0 Å². The molecule has 0 heterocycles. The van der Waals surface area contributed by atoms with Gasteiger partial charge in [0.2, 0.25) is 0 Å². The summed E-state index contributed by atoms with van der Waals surface area (Å²) in [5.41, 5.74) is 0. The predicted molar refractivity (Wildman–Crippen MR) is 107 cm³/mol. The fourth-order valence-electron chi connectivity index (χ4n) is 3.02. The first-order valence-corrected chi connectivity index (χ1v) is 13.0. The standard InChI is InChI=1S/C20H44NOP/c1-4-5-6-7-8-9-10-11-12-13-14-15-16-17-18-19-20-21-23(2,3)22/h4-20H2,1-3H3,(H,21,22). The van der Waals surface area contributed by atoms with Crippen LogP contribution in [0.3, 0.4) is 0 Å². The van der Waals surface area contributed by atoms with E-state index in [1.165, 1.54) is 103 Å². The third-order valence-electron chi connectivity index (χ3n) is 4.52. The summed E-state index contributed by atoms with van der Waals surface area (Å²) in [4.78, 5) is 0. The molecule has 0 atom stereocenters. The number of nitrogens with one attached hydrogen (secondary N) is 1. The highest BCUT2D eigenvalue weighted by atomic mass is 31.2. The zero-order valence-corrected chi connectivity index (χ0v) is 17.3. The SMILES string of the molecule is CCCCCCCCCCCCCCCCCCNP(C)(C)=O. The molecule has 0 aromatic heterocycles. The lowest BCUT2D eigenvalue weighted by molar-refractivity contribution is 0.528. The van der Waals surface area contributed by atoms with Crippen LogP contribution in [0.2, 0.25) is 0 Å². The Labute approximate surface area is 147 Å². The molecule has 0 radical (unpaired) electrons. The van der Waals surface area contributed by atoms with E-state index in [1.807, 2.05) is 0 Å². The fraction of sp³-hybridized carbons (Fsp3) is 1.00. The lowest BCUT2D eigenvalue weighted by Gasteiger charge is -2.08. The van der Waals surface area contributed by atoms with E-state index in [0.29, 0.717) is 0 Å². The second kappa shape index (κ2) is 17.0.